The number of hydrogen-bond acceptors (Lipinski definition) is 5. The van der Waals surface area contributed by atoms with E-state index in [1.807, 2.05) is 6.08 Å². The first kappa shape index (κ1) is 18.9. The molecule has 3 aliphatic carbocycles. The van der Waals surface area contributed by atoms with Crippen LogP contribution in [0.1, 0.15) is 53.9 Å². The van der Waals surface area contributed by atoms with Crippen molar-refractivity contribution in [1.29, 1.82) is 0 Å². The van der Waals surface area contributed by atoms with Crippen LogP contribution in [0.4, 0.5) is 0 Å². The van der Waals surface area contributed by atoms with Gasteiger partial charge in [-0.15, -0.1) is 0 Å². The molecule has 0 aromatic carbocycles. The first-order valence-corrected chi connectivity index (χ1v) is 9.28. The zero-order valence-corrected chi connectivity index (χ0v) is 16.5. The predicted molar refractivity (Wildman–Crippen MR) is 96.1 cm³/mol. The molecule has 3 rings (SSSR count). The summed E-state index contributed by atoms with van der Waals surface area (Å²) in [5.74, 6) is -1.81. The fourth-order valence-corrected chi connectivity index (χ4v) is 5.53. The number of Topliss-reactive ketones (excluding diaryl/α,β-unsaturated/α-hetero) is 2. The smallest absolute Gasteiger partial charge is 0.303 e. The highest BCUT2D eigenvalue weighted by atomic mass is 16.5. The molecule has 0 spiro atoms. The number of esters is 1. The maximum Gasteiger partial charge on any atom is 0.303 e. The summed E-state index contributed by atoms with van der Waals surface area (Å²) in [5, 5.41) is 0. The van der Waals surface area contributed by atoms with Crippen LogP contribution in [0.2, 0.25) is 0 Å². The maximum atomic E-state index is 13.3. The molecule has 5 heteroatoms. The van der Waals surface area contributed by atoms with Gasteiger partial charge in [0.1, 0.15) is 6.10 Å². The Morgan fingerprint density at radius 1 is 1.15 bits per heavy atom. The molecule has 142 valence electrons. The molecule has 0 N–H and O–H groups in total. The summed E-state index contributed by atoms with van der Waals surface area (Å²) in [7, 11) is 1.43. The van der Waals surface area contributed by atoms with E-state index in [1.165, 1.54) is 14.0 Å². The first-order valence-electron chi connectivity index (χ1n) is 9.28. The molecule has 0 aromatic heterocycles. The molecule has 0 radical (unpaired) electrons. The van der Waals surface area contributed by atoms with Crippen LogP contribution in [0.5, 0.6) is 0 Å². The lowest BCUT2D eigenvalue weighted by Crippen LogP contribution is -2.57. The fourth-order valence-electron chi connectivity index (χ4n) is 5.53. The second-order valence-electron chi connectivity index (χ2n) is 8.70. The van der Waals surface area contributed by atoms with Crippen molar-refractivity contribution in [3.63, 3.8) is 0 Å². The highest BCUT2D eigenvalue weighted by Crippen LogP contribution is 2.60. The number of carbonyl (C=O) groups is 3. The number of fused-ring (bicyclic) bond motifs is 3. The lowest BCUT2D eigenvalue weighted by atomic mass is 9.48. The molecular formula is C21H28O5. The minimum Gasteiger partial charge on any atom is -0.493 e. The molecule has 0 aliphatic heterocycles. The van der Waals surface area contributed by atoms with E-state index in [9.17, 15) is 14.4 Å². The highest BCUT2D eigenvalue weighted by molar-refractivity contribution is 6.13. The molecular weight excluding hydrogens is 332 g/mol. The van der Waals surface area contributed by atoms with E-state index in [4.69, 9.17) is 9.47 Å². The van der Waals surface area contributed by atoms with E-state index in [1.54, 1.807) is 6.92 Å². The van der Waals surface area contributed by atoms with Crippen LogP contribution < -0.4 is 0 Å². The van der Waals surface area contributed by atoms with Gasteiger partial charge in [0.25, 0.3) is 0 Å². The van der Waals surface area contributed by atoms with Crippen LogP contribution in [0.3, 0.4) is 0 Å². The molecule has 0 heterocycles. The third-order valence-electron chi connectivity index (χ3n) is 6.60. The summed E-state index contributed by atoms with van der Waals surface area (Å²) in [6.45, 7) is 9.36. The van der Waals surface area contributed by atoms with Gasteiger partial charge in [-0.3, -0.25) is 14.4 Å². The SMILES string of the molecule is COC1=C(C)C(=O)[C@H]2[C@@H](C1=O)[C@@]1(C)CCCC(C)(C)C1=C[C@H]2OC(C)=O. The summed E-state index contributed by atoms with van der Waals surface area (Å²) in [6.07, 6.45) is 4.09. The molecule has 1 fully saturated rings. The Bertz CT molecular complexity index is 742. The molecule has 4 atom stereocenters. The van der Waals surface area contributed by atoms with Gasteiger partial charge in [0.2, 0.25) is 5.78 Å². The fraction of sp³-hybridized carbons (Fsp3) is 0.667. The van der Waals surface area contributed by atoms with Gasteiger partial charge in [-0.05, 0) is 31.3 Å². The van der Waals surface area contributed by atoms with Gasteiger partial charge in [0.05, 0.1) is 13.0 Å². The van der Waals surface area contributed by atoms with Crippen molar-refractivity contribution in [1.82, 2.24) is 0 Å². The van der Waals surface area contributed by atoms with Crippen molar-refractivity contribution in [2.75, 3.05) is 7.11 Å². The van der Waals surface area contributed by atoms with E-state index < -0.39 is 29.3 Å². The molecule has 0 amide bonds. The third kappa shape index (κ3) is 2.55. The van der Waals surface area contributed by atoms with Crippen LogP contribution in [0.15, 0.2) is 23.0 Å². The number of rotatable bonds is 2. The number of methoxy groups -OCH3 is 1. The second kappa shape index (κ2) is 6.07. The summed E-state index contributed by atoms with van der Waals surface area (Å²) in [5.41, 5.74) is 0.912. The summed E-state index contributed by atoms with van der Waals surface area (Å²) >= 11 is 0. The second-order valence-corrected chi connectivity index (χ2v) is 8.70. The van der Waals surface area contributed by atoms with Crippen molar-refractivity contribution < 1.29 is 23.9 Å². The average molecular weight is 360 g/mol. The van der Waals surface area contributed by atoms with E-state index in [-0.39, 0.29) is 22.7 Å². The summed E-state index contributed by atoms with van der Waals surface area (Å²) in [4.78, 5) is 38.2. The Balaban J connectivity index is 2.23. The Hall–Kier alpha value is -1.91. The van der Waals surface area contributed by atoms with Crippen molar-refractivity contribution in [2.45, 2.75) is 60.0 Å². The van der Waals surface area contributed by atoms with Crippen LogP contribution in [-0.4, -0.2) is 30.7 Å². The number of carbonyl (C=O) groups excluding carboxylic acids is 3. The van der Waals surface area contributed by atoms with Crippen LogP contribution in [0.25, 0.3) is 0 Å². The van der Waals surface area contributed by atoms with Gasteiger partial charge < -0.3 is 9.47 Å². The maximum absolute atomic E-state index is 13.3. The van der Waals surface area contributed by atoms with Crippen LogP contribution >= 0.6 is 0 Å². The van der Waals surface area contributed by atoms with Crippen molar-refractivity contribution in [3.8, 4) is 0 Å². The molecule has 3 aliphatic rings. The zero-order valence-electron chi connectivity index (χ0n) is 16.5. The lowest BCUT2D eigenvalue weighted by Gasteiger charge is -2.55. The molecule has 0 aromatic rings. The topological polar surface area (TPSA) is 69.7 Å². The Morgan fingerprint density at radius 3 is 2.38 bits per heavy atom. The first-order chi connectivity index (χ1) is 12.0. The van der Waals surface area contributed by atoms with E-state index in [2.05, 4.69) is 20.8 Å². The molecule has 0 unspecified atom stereocenters. The van der Waals surface area contributed by atoms with Gasteiger partial charge in [-0.2, -0.15) is 0 Å². The Labute approximate surface area is 154 Å². The van der Waals surface area contributed by atoms with Gasteiger partial charge in [0, 0.05) is 23.8 Å². The number of allylic oxidation sites excluding steroid dienone is 3. The van der Waals surface area contributed by atoms with Crippen molar-refractivity contribution in [3.05, 3.63) is 23.0 Å². The number of ketones is 2. The Morgan fingerprint density at radius 2 is 1.81 bits per heavy atom. The van der Waals surface area contributed by atoms with E-state index >= 15 is 0 Å². The van der Waals surface area contributed by atoms with Crippen LogP contribution in [-0.2, 0) is 23.9 Å². The lowest BCUT2D eigenvalue weighted by molar-refractivity contribution is -0.157. The van der Waals surface area contributed by atoms with Crippen molar-refractivity contribution in [2.24, 2.45) is 22.7 Å². The minimum atomic E-state index is -0.706. The van der Waals surface area contributed by atoms with Gasteiger partial charge in [-0.1, -0.05) is 32.8 Å². The normalized spacial score (nSPS) is 36.1. The number of ether oxygens (including phenoxy) is 2. The van der Waals surface area contributed by atoms with E-state index in [0.29, 0.717) is 5.57 Å². The average Bonchev–Trinajstić information content (AvgIpc) is 2.52. The largest absolute Gasteiger partial charge is 0.493 e. The van der Waals surface area contributed by atoms with Gasteiger partial charge in [-0.25, -0.2) is 0 Å². The van der Waals surface area contributed by atoms with Crippen molar-refractivity contribution >= 4 is 17.5 Å². The molecule has 0 bridgehead atoms. The van der Waals surface area contributed by atoms with E-state index in [0.717, 1.165) is 24.8 Å². The quantitative estimate of drug-likeness (QED) is 0.558. The molecule has 26 heavy (non-hydrogen) atoms. The van der Waals surface area contributed by atoms with Gasteiger partial charge in [0.15, 0.2) is 11.5 Å². The minimum absolute atomic E-state index is 0.108. The van der Waals surface area contributed by atoms with Crippen LogP contribution in [0, 0.1) is 22.7 Å². The molecule has 0 saturated heterocycles. The molecule has 1 saturated carbocycles. The highest BCUT2D eigenvalue weighted by Gasteiger charge is 2.60. The summed E-state index contributed by atoms with van der Waals surface area (Å²) < 4.78 is 10.8. The summed E-state index contributed by atoms with van der Waals surface area (Å²) in [6, 6.07) is 0. The predicted octanol–water partition coefficient (Wildman–Crippen LogP) is 3.38. The Kier molecular flexibility index (Phi) is 4.40. The third-order valence-corrected chi connectivity index (χ3v) is 6.60. The molecule has 5 nitrogen and oxygen atoms in total. The van der Waals surface area contributed by atoms with Gasteiger partial charge >= 0.3 is 5.97 Å². The standard InChI is InChI=1S/C21H28O5/c1-11-17(23)15-13(26-12(2)22)10-14-20(3,4)8-7-9-21(14,5)16(15)18(24)19(11)25-6/h10,13,15-16H,7-9H2,1-6H3/t13-,15-,16+,21+/m1/s1. The number of hydrogen-bond donors (Lipinski definition) is 0. The monoisotopic (exact) mass is 360 g/mol. The zero-order chi connectivity index (χ0) is 19.4.